The molecule has 0 amide bonds. The van der Waals surface area contributed by atoms with Gasteiger partial charge in [-0.1, -0.05) is 19.4 Å². The van der Waals surface area contributed by atoms with Crippen molar-refractivity contribution >= 4 is 0 Å². The van der Waals surface area contributed by atoms with Crippen molar-refractivity contribution in [2.75, 3.05) is 7.11 Å². The van der Waals surface area contributed by atoms with Crippen molar-refractivity contribution in [1.82, 2.24) is 0 Å². The SMILES string of the molecule is CCCc1ccc(O)c(OC)c1C. The first-order valence-corrected chi connectivity index (χ1v) is 4.56. The summed E-state index contributed by atoms with van der Waals surface area (Å²) < 4.78 is 5.11. The van der Waals surface area contributed by atoms with E-state index in [4.69, 9.17) is 4.74 Å². The summed E-state index contributed by atoms with van der Waals surface area (Å²) in [6.45, 7) is 4.11. The minimum atomic E-state index is 0.222. The number of ether oxygens (including phenoxy) is 1. The van der Waals surface area contributed by atoms with E-state index in [2.05, 4.69) is 6.92 Å². The van der Waals surface area contributed by atoms with Gasteiger partial charge in [0.1, 0.15) is 0 Å². The second-order valence-electron chi connectivity index (χ2n) is 3.15. The third-order valence-corrected chi connectivity index (χ3v) is 2.22. The molecule has 0 radical (unpaired) electrons. The molecule has 13 heavy (non-hydrogen) atoms. The van der Waals surface area contributed by atoms with Gasteiger partial charge in [0.2, 0.25) is 0 Å². The molecule has 0 saturated heterocycles. The summed E-state index contributed by atoms with van der Waals surface area (Å²) in [4.78, 5) is 0. The molecule has 0 unspecified atom stereocenters. The molecular formula is C11H16O2. The Bertz CT molecular complexity index is 292. The number of rotatable bonds is 3. The minimum Gasteiger partial charge on any atom is -0.504 e. The first kappa shape index (κ1) is 9.90. The minimum absolute atomic E-state index is 0.222. The Labute approximate surface area is 79.2 Å². The van der Waals surface area contributed by atoms with E-state index in [1.807, 2.05) is 13.0 Å². The van der Waals surface area contributed by atoms with E-state index in [0.717, 1.165) is 18.4 Å². The van der Waals surface area contributed by atoms with E-state index in [1.165, 1.54) is 5.56 Å². The highest BCUT2D eigenvalue weighted by Gasteiger charge is 2.08. The summed E-state index contributed by atoms with van der Waals surface area (Å²) in [7, 11) is 1.58. The number of methoxy groups -OCH3 is 1. The number of phenolic OH excluding ortho intramolecular Hbond substituents is 1. The molecule has 0 spiro atoms. The van der Waals surface area contributed by atoms with E-state index in [-0.39, 0.29) is 5.75 Å². The van der Waals surface area contributed by atoms with Crippen LogP contribution in [-0.2, 0) is 6.42 Å². The van der Waals surface area contributed by atoms with Crippen LogP contribution in [0.3, 0.4) is 0 Å². The van der Waals surface area contributed by atoms with Crippen LogP contribution in [0.25, 0.3) is 0 Å². The van der Waals surface area contributed by atoms with Crippen molar-refractivity contribution in [3.63, 3.8) is 0 Å². The Hall–Kier alpha value is -1.18. The van der Waals surface area contributed by atoms with E-state index in [0.29, 0.717) is 5.75 Å². The zero-order chi connectivity index (χ0) is 9.84. The fourth-order valence-electron chi connectivity index (χ4n) is 1.52. The average molecular weight is 180 g/mol. The Balaban J connectivity index is 3.11. The molecule has 1 aromatic carbocycles. The third-order valence-electron chi connectivity index (χ3n) is 2.22. The summed E-state index contributed by atoms with van der Waals surface area (Å²) >= 11 is 0. The smallest absolute Gasteiger partial charge is 0.163 e. The van der Waals surface area contributed by atoms with Gasteiger partial charge in [0.25, 0.3) is 0 Å². The van der Waals surface area contributed by atoms with E-state index >= 15 is 0 Å². The van der Waals surface area contributed by atoms with E-state index in [9.17, 15) is 5.11 Å². The molecule has 1 aromatic rings. The molecule has 72 valence electrons. The summed E-state index contributed by atoms with van der Waals surface area (Å²) in [6, 6.07) is 3.65. The number of aromatic hydroxyl groups is 1. The summed E-state index contributed by atoms with van der Waals surface area (Å²) in [5.74, 6) is 0.825. The Kier molecular flexibility index (Phi) is 3.18. The molecule has 0 fully saturated rings. The zero-order valence-electron chi connectivity index (χ0n) is 8.42. The van der Waals surface area contributed by atoms with Crippen LogP contribution in [0.2, 0.25) is 0 Å². The molecule has 0 aliphatic carbocycles. The van der Waals surface area contributed by atoms with Gasteiger partial charge in [-0.05, 0) is 30.5 Å². The standard InChI is InChI=1S/C11H16O2/c1-4-5-9-6-7-10(12)11(13-3)8(9)2/h6-7,12H,4-5H2,1-3H3. The van der Waals surface area contributed by atoms with Gasteiger partial charge < -0.3 is 9.84 Å². The lowest BCUT2D eigenvalue weighted by Crippen LogP contribution is -1.93. The molecule has 0 aliphatic heterocycles. The number of phenols is 1. The van der Waals surface area contributed by atoms with Gasteiger partial charge in [-0.2, -0.15) is 0 Å². The number of aryl methyl sites for hydroxylation is 1. The lowest BCUT2D eigenvalue weighted by Gasteiger charge is -2.10. The number of hydrogen-bond donors (Lipinski definition) is 1. The highest BCUT2D eigenvalue weighted by molar-refractivity contribution is 5.49. The van der Waals surface area contributed by atoms with Crippen LogP contribution in [0.1, 0.15) is 24.5 Å². The van der Waals surface area contributed by atoms with Crippen molar-refractivity contribution in [2.24, 2.45) is 0 Å². The third kappa shape index (κ3) is 1.94. The Morgan fingerprint density at radius 3 is 2.62 bits per heavy atom. The van der Waals surface area contributed by atoms with Gasteiger partial charge in [-0.25, -0.2) is 0 Å². The van der Waals surface area contributed by atoms with Gasteiger partial charge in [-0.15, -0.1) is 0 Å². The van der Waals surface area contributed by atoms with Crippen molar-refractivity contribution in [3.8, 4) is 11.5 Å². The quantitative estimate of drug-likeness (QED) is 0.774. The highest BCUT2D eigenvalue weighted by Crippen LogP contribution is 2.32. The average Bonchev–Trinajstić information content (AvgIpc) is 2.11. The lowest BCUT2D eigenvalue weighted by atomic mass is 10.0. The van der Waals surface area contributed by atoms with Crippen LogP contribution in [0, 0.1) is 6.92 Å². The maximum absolute atomic E-state index is 9.46. The lowest BCUT2D eigenvalue weighted by molar-refractivity contribution is 0.370. The molecule has 0 aliphatic rings. The number of benzene rings is 1. The van der Waals surface area contributed by atoms with Crippen LogP contribution < -0.4 is 4.74 Å². The highest BCUT2D eigenvalue weighted by atomic mass is 16.5. The van der Waals surface area contributed by atoms with Gasteiger partial charge in [0, 0.05) is 0 Å². The largest absolute Gasteiger partial charge is 0.504 e. The van der Waals surface area contributed by atoms with Crippen molar-refractivity contribution < 1.29 is 9.84 Å². The monoisotopic (exact) mass is 180 g/mol. The first-order valence-electron chi connectivity index (χ1n) is 4.56. The molecule has 0 saturated carbocycles. The van der Waals surface area contributed by atoms with E-state index < -0.39 is 0 Å². The molecule has 1 N–H and O–H groups in total. The second-order valence-corrected chi connectivity index (χ2v) is 3.15. The molecule has 2 heteroatoms. The van der Waals surface area contributed by atoms with Crippen LogP contribution in [-0.4, -0.2) is 12.2 Å². The zero-order valence-corrected chi connectivity index (χ0v) is 8.42. The fraction of sp³-hybridized carbons (Fsp3) is 0.455. The molecular weight excluding hydrogens is 164 g/mol. The Morgan fingerprint density at radius 2 is 2.08 bits per heavy atom. The number of hydrogen-bond acceptors (Lipinski definition) is 2. The molecule has 0 heterocycles. The van der Waals surface area contributed by atoms with Crippen molar-refractivity contribution in [1.29, 1.82) is 0 Å². The molecule has 0 atom stereocenters. The van der Waals surface area contributed by atoms with Gasteiger partial charge in [0.15, 0.2) is 11.5 Å². The van der Waals surface area contributed by atoms with Crippen LogP contribution in [0.5, 0.6) is 11.5 Å². The van der Waals surface area contributed by atoms with Gasteiger partial charge in [0.05, 0.1) is 7.11 Å². The van der Waals surface area contributed by atoms with E-state index in [1.54, 1.807) is 13.2 Å². The topological polar surface area (TPSA) is 29.5 Å². The van der Waals surface area contributed by atoms with Crippen LogP contribution >= 0.6 is 0 Å². The summed E-state index contributed by atoms with van der Waals surface area (Å²) in [6.07, 6.45) is 2.14. The Morgan fingerprint density at radius 1 is 1.38 bits per heavy atom. The van der Waals surface area contributed by atoms with Gasteiger partial charge in [-0.3, -0.25) is 0 Å². The normalized spacial score (nSPS) is 10.1. The predicted octanol–water partition coefficient (Wildman–Crippen LogP) is 2.66. The second kappa shape index (κ2) is 4.17. The first-order chi connectivity index (χ1) is 6.20. The predicted molar refractivity (Wildman–Crippen MR) is 53.4 cm³/mol. The van der Waals surface area contributed by atoms with Gasteiger partial charge >= 0.3 is 0 Å². The van der Waals surface area contributed by atoms with Crippen molar-refractivity contribution in [3.05, 3.63) is 23.3 Å². The van der Waals surface area contributed by atoms with Crippen LogP contribution in [0.15, 0.2) is 12.1 Å². The molecule has 2 nitrogen and oxygen atoms in total. The summed E-state index contributed by atoms with van der Waals surface area (Å²) in [5, 5.41) is 9.46. The molecule has 0 aromatic heterocycles. The summed E-state index contributed by atoms with van der Waals surface area (Å²) in [5.41, 5.74) is 2.29. The fourth-order valence-corrected chi connectivity index (χ4v) is 1.52. The van der Waals surface area contributed by atoms with Crippen molar-refractivity contribution in [2.45, 2.75) is 26.7 Å². The maximum Gasteiger partial charge on any atom is 0.163 e. The maximum atomic E-state index is 9.46. The molecule has 0 bridgehead atoms. The van der Waals surface area contributed by atoms with Crippen LogP contribution in [0.4, 0.5) is 0 Å². The molecule has 1 rings (SSSR count).